The van der Waals surface area contributed by atoms with Gasteiger partial charge in [0.2, 0.25) is 5.91 Å². The van der Waals surface area contributed by atoms with E-state index in [1.165, 1.54) is 0 Å². The average molecular weight is 272 g/mol. The Balaban J connectivity index is 2.20. The molecule has 0 heterocycles. The number of carbonyl (C=O) groups is 1. The molecule has 1 aromatic carbocycles. The van der Waals surface area contributed by atoms with E-state index in [2.05, 4.69) is 26.7 Å². The summed E-state index contributed by atoms with van der Waals surface area (Å²) in [4.78, 5) is 10.8. The van der Waals surface area contributed by atoms with Gasteiger partial charge in [-0.3, -0.25) is 10.2 Å². The molecule has 0 aliphatic rings. The number of benzene rings is 1. The molecular weight excluding hydrogens is 258 g/mol. The number of anilines is 1. The number of nitrogens with one attached hydrogen (secondary N) is 2. The second kappa shape index (κ2) is 6.42. The number of hydrogen-bond donors (Lipinski definition) is 3. The topological polar surface area (TPSA) is 67.1 Å². The molecule has 0 fully saturated rings. The molecule has 1 amide bonds. The largest absolute Gasteiger partial charge is 0.385 e. The van der Waals surface area contributed by atoms with Gasteiger partial charge in [0.05, 0.1) is 0 Å². The lowest BCUT2D eigenvalue weighted by Gasteiger charge is -2.05. The smallest absolute Gasteiger partial charge is 0.233 e. The zero-order valence-corrected chi connectivity index (χ0v) is 9.88. The van der Waals surface area contributed by atoms with Gasteiger partial charge in [0.25, 0.3) is 0 Å². The highest BCUT2D eigenvalue weighted by atomic mass is 79.9. The summed E-state index contributed by atoms with van der Waals surface area (Å²) in [5.74, 6) is 4.83. The number of amides is 1. The fraction of sp³-hybridized carbons (Fsp3) is 0.300. The molecule has 0 saturated carbocycles. The van der Waals surface area contributed by atoms with Gasteiger partial charge in [-0.15, -0.1) is 0 Å². The Hall–Kier alpha value is -1.07. The minimum atomic E-state index is -0.132. The van der Waals surface area contributed by atoms with E-state index in [0.29, 0.717) is 6.42 Å². The predicted molar refractivity (Wildman–Crippen MR) is 64.2 cm³/mol. The van der Waals surface area contributed by atoms with Crippen LogP contribution < -0.4 is 16.6 Å². The molecule has 0 unspecified atom stereocenters. The number of halogens is 1. The van der Waals surface area contributed by atoms with Crippen LogP contribution in [-0.4, -0.2) is 12.5 Å². The number of hydrazine groups is 1. The van der Waals surface area contributed by atoms with Crippen LogP contribution in [0.15, 0.2) is 28.7 Å². The van der Waals surface area contributed by atoms with Gasteiger partial charge in [-0.2, -0.15) is 0 Å². The molecule has 0 aliphatic heterocycles. The van der Waals surface area contributed by atoms with E-state index in [-0.39, 0.29) is 5.91 Å². The first-order valence-corrected chi connectivity index (χ1v) is 5.50. The van der Waals surface area contributed by atoms with Crippen molar-refractivity contribution < 1.29 is 4.79 Å². The quantitative estimate of drug-likeness (QED) is 0.330. The first kappa shape index (κ1) is 12.0. The zero-order valence-electron chi connectivity index (χ0n) is 8.29. The molecule has 0 bridgehead atoms. The van der Waals surface area contributed by atoms with Crippen LogP contribution in [0, 0.1) is 0 Å². The van der Waals surface area contributed by atoms with Crippen LogP contribution in [0.4, 0.5) is 5.69 Å². The molecule has 5 heteroatoms. The summed E-state index contributed by atoms with van der Waals surface area (Å²) < 4.78 is 1.05. The molecule has 0 saturated heterocycles. The highest BCUT2D eigenvalue weighted by Gasteiger charge is 1.97. The SMILES string of the molecule is NNC(=O)CCCNc1ccc(Br)cc1. The second-order valence-electron chi connectivity index (χ2n) is 3.10. The lowest BCUT2D eigenvalue weighted by atomic mass is 10.2. The second-order valence-corrected chi connectivity index (χ2v) is 4.02. The normalized spacial score (nSPS) is 9.73. The van der Waals surface area contributed by atoms with Crippen molar-refractivity contribution in [3.05, 3.63) is 28.7 Å². The molecule has 4 N–H and O–H groups in total. The van der Waals surface area contributed by atoms with Gasteiger partial charge in [-0.05, 0) is 30.7 Å². The Morgan fingerprint density at radius 2 is 2.00 bits per heavy atom. The minimum absolute atomic E-state index is 0.132. The van der Waals surface area contributed by atoms with E-state index in [1.54, 1.807) is 0 Å². The Morgan fingerprint density at radius 1 is 1.33 bits per heavy atom. The van der Waals surface area contributed by atoms with Gasteiger partial charge >= 0.3 is 0 Å². The van der Waals surface area contributed by atoms with Crippen molar-refractivity contribution in [1.29, 1.82) is 0 Å². The van der Waals surface area contributed by atoms with Gasteiger partial charge in [0.1, 0.15) is 0 Å². The monoisotopic (exact) mass is 271 g/mol. The third kappa shape index (κ3) is 4.80. The molecule has 1 aromatic rings. The van der Waals surface area contributed by atoms with Crippen molar-refractivity contribution in [2.75, 3.05) is 11.9 Å². The molecule has 4 nitrogen and oxygen atoms in total. The maximum Gasteiger partial charge on any atom is 0.233 e. The van der Waals surface area contributed by atoms with Gasteiger partial charge in [-0.25, -0.2) is 5.84 Å². The maximum atomic E-state index is 10.8. The van der Waals surface area contributed by atoms with Crippen LogP contribution in [-0.2, 0) is 4.79 Å². The summed E-state index contributed by atoms with van der Waals surface area (Å²) in [7, 11) is 0. The van der Waals surface area contributed by atoms with E-state index in [4.69, 9.17) is 5.84 Å². The van der Waals surface area contributed by atoms with Crippen LogP contribution in [0.5, 0.6) is 0 Å². The summed E-state index contributed by atoms with van der Waals surface area (Å²) in [6.07, 6.45) is 1.21. The highest BCUT2D eigenvalue weighted by molar-refractivity contribution is 9.10. The third-order valence-electron chi connectivity index (χ3n) is 1.91. The van der Waals surface area contributed by atoms with Gasteiger partial charge in [0.15, 0.2) is 0 Å². The molecule has 1 rings (SSSR count). The molecule has 0 aliphatic carbocycles. The zero-order chi connectivity index (χ0) is 11.1. The summed E-state index contributed by atoms with van der Waals surface area (Å²) >= 11 is 3.36. The lowest BCUT2D eigenvalue weighted by molar-refractivity contribution is -0.121. The van der Waals surface area contributed by atoms with Gasteiger partial charge < -0.3 is 5.32 Å². The molecule has 0 atom stereocenters. The Kier molecular flexibility index (Phi) is 5.14. The van der Waals surface area contributed by atoms with Crippen molar-refractivity contribution in [2.24, 2.45) is 5.84 Å². The van der Waals surface area contributed by atoms with Crippen LogP contribution in [0.25, 0.3) is 0 Å². The summed E-state index contributed by atoms with van der Waals surface area (Å²) in [5.41, 5.74) is 3.15. The number of nitrogens with two attached hydrogens (primary N) is 1. The summed E-state index contributed by atoms with van der Waals surface area (Å²) in [5, 5.41) is 3.21. The molecule has 0 radical (unpaired) electrons. The van der Waals surface area contributed by atoms with Crippen LogP contribution in [0.3, 0.4) is 0 Å². The van der Waals surface area contributed by atoms with Crippen molar-refractivity contribution >= 4 is 27.5 Å². The van der Waals surface area contributed by atoms with Crippen molar-refractivity contribution in [2.45, 2.75) is 12.8 Å². The highest BCUT2D eigenvalue weighted by Crippen LogP contribution is 2.13. The average Bonchev–Trinajstić information content (AvgIpc) is 2.26. The van der Waals surface area contributed by atoms with Crippen LogP contribution in [0.1, 0.15) is 12.8 Å². The molecular formula is C10H14BrN3O. The predicted octanol–water partition coefficient (Wildman–Crippen LogP) is 1.63. The van der Waals surface area contributed by atoms with Crippen molar-refractivity contribution in [1.82, 2.24) is 5.43 Å². The number of hydrogen-bond acceptors (Lipinski definition) is 3. The van der Waals surface area contributed by atoms with Crippen molar-refractivity contribution in [3.63, 3.8) is 0 Å². The molecule has 15 heavy (non-hydrogen) atoms. The van der Waals surface area contributed by atoms with Gasteiger partial charge in [-0.1, -0.05) is 15.9 Å². The van der Waals surface area contributed by atoms with E-state index in [0.717, 1.165) is 23.1 Å². The van der Waals surface area contributed by atoms with Crippen LogP contribution in [0.2, 0.25) is 0 Å². The number of rotatable bonds is 5. The lowest BCUT2D eigenvalue weighted by Crippen LogP contribution is -2.30. The van der Waals surface area contributed by atoms with Crippen molar-refractivity contribution in [3.8, 4) is 0 Å². The summed E-state index contributed by atoms with van der Waals surface area (Å²) in [6, 6.07) is 7.89. The summed E-state index contributed by atoms with van der Waals surface area (Å²) in [6.45, 7) is 0.759. The Labute approximate surface area is 97.3 Å². The standard InChI is InChI=1S/C10H14BrN3O/c11-8-3-5-9(6-4-8)13-7-1-2-10(15)14-12/h3-6,13H,1-2,7,12H2,(H,14,15). The van der Waals surface area contributed by atoms with Crippen LogP contribution >= 0.6 is 15.9 Å². The fourth-order valence-electron chi connectivity index (χ4n) is 1.12. The molecule has 82 valence electrons. The number of carbonyl (C=O) groups excluding carboxylic acids is 1. The fourth-order valence-corrected chi connectivity index (χ4v) is 1.39. The third-order valence-corrected chi connectivity index (χ3v) is 2.44. The Bertz CT molecular complexity index is 313. The first-order chi connectivity index (χ1) is 7.22. The van der Waals surface area contributed by atoms with E-state index >= 15 is 0 Å². The van der Waals surface area contributed by atoms with E-state index < -0.39 is 0 Å². The first-order valence-electron chi connectivity index (χ1n) is 4.71. The van der Waals surface area contributed by atoms with E-state index in [9.17, 15) is 4.79 Å². The Morgan fingerprint density at radius 3 is 2.60 bits per heavy atom. The van der Waals surface area contributed by atoms with Gasteiger partial charge in [0, 0.05) is 23.1 Å². The maximum absolute atomic E-state index is 10.8. The minimum Gasteiger partial charge on any atom is -0.385 e. The van der Waals surface area contributed by atoms with E-state index in [1.807, 2.05) is 24.3 Å². The molecule has 0 aromatic heterocycles. The molecule has 0 spiro atoms.